The molecule has 2 aliphatic rings. The average Bonchev–Trinajstić information content (AvgIpc) is 2.94. The Morgan fingerprint density at radius 3 is 2.37 bits per heavy atom. The summed E-state index contributed by atoms with van der Waals surface area (Å²) >= 11 is 0. The molecule has 4 rings (SSSR count). The minimum Gasteiger partial charge on any atom is -0.497 e. The monoisotopic (exact) mass is 542 g/mol. The van der Waals surface area contributed by atoms with Gasteiger partial charge in [0, 0.05) is 45.0 Å². The van der Waals surface area contributed by atoms with Crippen molar-refractivity contribution in [2.24, 2.45) is 0 Å². The number of benzene rings is 2. The largest absolute Gasteiger partial charge is 0.497 e. The zero-order valence-corrected chi connectivity index (χ0v) is 22.7. The molecule has 1 saturated heterocycles. The van der Waals surface area contributed by atoms with Gasteiger partial charge < -0.3 is 14.8 Å². The molecule has 38 heavy (non-hydrogen) atoms. The van der Waals surface area contributed by atoms with Gasteiger partial charge in [0.25, 0.3) is 0 Å². The van der Waals surface area contributed by atoms with Crippen molar-refractivity contribution in [2.45, 2.75) is 24.8 Å². The lowest BCUT2D eigenvalue weighted by Gasteiger charge is -2.40. The van der Waals surface area contributed by atoms with E-state index < -0.39 is 22.0 Å². The van der Waals surface area contributed by atoms with E-state index in [-0.39, 0.29) is 17.5 Å². The van der Waals surface area contributed by atoms with Crippen LogP contribution in [0.4, 0.5) is 4.79 Å². The Labute approximate surface area is 223 Å². The zero-order chi connectivity index (χ0) is 27.3. The molecule has 0 spiro atoms. The lowest BCUT2D eigenvalue weighted by molar-refractivity contribution is -0.139. The van der Waals surface area contributed by atoms with Gasteiger partial charge in [-0.15, -0.1) is 0 Å². The van der Waals surface area contributed by atoms with E-state index in [1.165, 1.54) is 4.31 Å². The molecule has 1 fully saturated rings. The van der Waals surface area contributed by atoms with Gasteiger partial charge in [0.1, 0.15) is 5.75 Å². The van der Waals surface area contributed by atoms with Gasteiger partial charge in [-0.3, -0.25) is 9.80 Å². The van der Waals surface area contributed by atoms with E-state index >= 15 is 0 Å². The Kier molecular flexibility index (Phi) is 8.70. The van der Waals surface area contributed by atoms with Crippen LogP contribution in [-0.2, 0) is 19.6 Å². The topological polar surface area (TPSA) is 108 Å². The highest BCUT2D eigenvalue weighted by Crippen LogP contribution is 2.33. The van der Waals surface area contributed by atoms with Gasteiger partial charge in [-0.25, -0.2) is 18.0 Å². The minimum absolute atomic E-state index is 0.191. The van der Waals surface area contributed by atoms with Crippen molar-refractivity contribution in [1.82, 2.24) is 19.4 Å². The SMILES string of the molecule is CCOC(=O)C1=C(CN2CCN(S(=O)(=O)c3ccccc3)CC2)N(CC)C(=O)NC1c1cccc(OC)c1. The number of carbonyl (C=O) groups is 2. The third-order valence-electron chi connectivity index (χ3n) is 6.76. The maximum atomic E-state index is 13.3. The Bertz CT molecular complexity index is 1290. The normalized spacial score (nSPS) is 19.3. The highest BCUT2D eigenvalue weighted by molar-refractivity contribution is 7.89. The molecule has 0 radical (unpaired) electrons. The predicted octanol–water partition coefficient (Wildman–Crippen LogP) is 2.61. The van der Waals surface area contributed by atoms with Crippen LogP contribution in [0.3, 0.4) is 0 Å². The third kappa shape index (κ3) is 5.69. The van der Waals surface area contributed by atoms with E-state index in [1.807, 2.05) is 13.0 Å². The van der Waals surface area contributed by atoms with Crippen molar-refractivity contribution >= 4 is 22.0 Å². The summed E-state index contributed by atoms with van der Waals surface area (Å²) in [5, 5.41) is 2.95. The van der Waals surface area contributed by atoms with Gasteiger partial charge in [0.15, 0.2) is 0 Å². The Morgan fingerprint density at radius 1 is 1.03 bits per heavy atom. The van der Waals surface area contributed by atoms with Crippen LogP contribution < -0.4 is 10.1 Å². The summed E-state index contributed by atoms with van der Waals surface area (Å²) < 4.78 is 38.4. The number of amides is 2. The van der Waals surface area contributed by atoms with Crippen LogP contribution in [0.5, 0.6) is 5.75 Å². The summed E-state index contributed by atoms with van der Waals surface area (Å²) in [5.41, 5.74) is 1.62. The summed E-state index contributed by atoms with van der Waals surface area (Å²) in [6, 6.07) is 14.6. The van der Waals surface area contributed by atoms with Crippen molar-refractivity contribution in [2.75, 3.05) is 53.0 Å². The molecule has 0 bridgehead atoms. The second-order valence-corrected chi connectivity index (χ2v) is 10.9. The number of urea groups is 1. The van der Waals surface area contributed by atoms with Crippen molar-refractivity contribution in [3.63, 3.8) is 0 Å². The molecular weight excluding hydrogens is 508 g/mol. The van der Waals surface area contributed by atoms with Crippen molar-refractivity contribution in [1.29, 1.82) is 0 Å². The minimum atomic E-state index is -3.59. The summed E-state index contributed by atoms with van der Waals surface area (Å²) in [4.78, 5) is 30.4. The molecule has 10 nitrogen and oxygen atoms in total. The van der Waals surface area contributed by atoms with E-state index in [1.54, 1.807) is 67.5 Å². The number of nitrogens with one attached hydrogen (secondary N) is 1. The molecule has 0 saturated carbocycles. The number of piperazine rings is 1. The first-order valence-electron chi connectivity index (χ1n) is 12.7. The molecule has 1 N–H and O–H groups in total. The fourth-order valence-electron chi connectivity index (χ4n) is 4.81. The number of hydrogen-bond acceptors (Lipinski definition) is 7. The van der Waals surface area contributed by atoms with Crippen LogP contribution in [0.2, 0.25) is 0 Å². The van der Waals surface area contributed by atoms with E-state index in [4.69, 9.17) is 9.47 Å². The van der Waals surface area contributed by atoms with Gasteiger partial charge >= 0.3 is 12.0 Å². The zero-order valence-electron chi connectivity index (χ0n) is 21.9. The van der Waals surface area contributed by atoms with Gasteiger partial charge in [-0.2, -0.15) is 4.31 Å². The second-order valence-electron chi connectivity index (χ2n) is 8.98. The number of sulfonamides is 1. The summed E-state index contributed by atoms with van der Waals surface area (Å²) in [7, 11) is -2.03. The first-order valence-corrected chi connectivity index (χ1v) is 14.1. The van der Waals surface area contributed by atoms with Crippen LogP contribution >= 0.6 is 0 Å². The van der Waals surface area contributed by atoms with Gasteiger partial charge in [0.05, 0.1) is 30.2 Å². The summed E-state index contributed by atoms with van der Waals surface area (Å²) in [5.74, 6) is 0.106. The molecule has 2 amide bonds. The number of esters is 1. The third-order valence-corrected chi connectivity index (χ3v) is 8.68. The fraction of sp³-hybridized carbons (Fsp3) is 0.407. The first kappa shape index (κ1) is 27.6. The molecule has 11 heteroatoms. The molecular formula is C27H34N4O6S. The molecule has 204 valence electrons. The number of hydrogen-bond donors (Lipinski definition) is 1. The number of likely N-dealkylation sites (N-methyl/N-ethyl adjacent to an activating group) is 1. The quantitative estimate of drug-likeness (QED) is 0.485. The van der Waals surface area contributed by atoms with Gasteiger partial charge in [-0.1, -0.05) is 30.3 Å². The highest BCUT2D eigenvalue weighted by Gasteiger charge is 2.39. The maximum absolute atomic E-state index is 13.3. The van der Waals surface area contributed by atoms with Crippen LogP contribution in [0.1, 0.15) is 25.5 Å². The van der Waals surface area contributed by atoms with Crippen LogP contribution in [0, 0.1) is 0 Å². The number of methoxy groups -OCH3 is 1. The Balaban J connectivity index is 1.63. The summed E-state index contributed by atoms with van der Waals surface area (Å²) in [6.45, 7) is 5.95. The molecule has 1 unspecified atom stereocenters. The van der Waals surface area contributed by atoms with E-state index in [9.17, 15) is 18.0 Å². The number of rotatable bonds is 9. The molecule has 2 heterocycles. The van der Waals surface area contributed by atoms with Gasteiger partial charge in [0.2, 0.25) is 10.0 Å². The smallest absolute Gasteiger partial charge is 0.338 e. The Morgan fingerprint density at radius 2 is 1.74 bits per heavy atom. The molecule has 2 aromatic carbocycles. The molecule has 0 aromatic heterocycles. The molecule has 2 aliphatic heterocycles. The molecule has 0 aliphatic carbocycles. The van der Waals surface area contributed by atoms with Crippen molar-refractivity contribution in [3.8, 4) is 5.75 Å². The van der Waals surface area contributed by atoms with E-state index in [2.05, 4.69) is 10.2 Å². The number of ether oxygens (including phenoxy) is 2. The highest BCUT2D eigenvalue weighted by atomic mass is 32.2. The van der Waals surface area contributed by atoms with E-state index in [0.29, 0.717) is 61.9 Å². The predicted molar refractivity (Wildman–Crippen MR) is 142 cm³/mol. The van der Waals surface area contributed by atoms with Crippen LogP contribution in [0.15, 0.2) is 70.8 Å². The first-order chi connectivity index (χ1) is 18.3. The molecule has 1 atom stereocenters. The van der Waals surface area contributed by atoms with Crippen LogP contribution in [-0.4, -0.2) is 87.5 Å². The van der Waals surface area contributed by atoms with Crippen molar-refractivity contribution in [3.05, 3.63) is 71.4 Å². The fourth-order valence-corrected chi connectivity index (χ4v) is 6.25. The summed E-state index contributed by atoms with van der Waals surface area (Å²) in [6.07, 6.45) is 0. The van der Waals surface area contributed by atoms with Gasteiger partial charge in [-0.05, 0) is 43.7 Å². The van der Waals surface area contributed by atoms with E-state index in [0.717, 1.165) is 0 Å². The lowest BCUT2D eigenvalue weighted by atomic mass is 9.94. The second kappa shape index (κ2) is 12.0. The number of nitrogens with zero attached hydrogens (tertiary/aromatic N) is 3. The Hall–Kier alpha value is -3.41. The molecule has 2 aromatic rings. The van der Waals surface area contributed by atoms with Crippen LogP contribution in [0.25, 0.3) is 0 Å². The average molecular weight is 543 g/mol. The number of carbonyl (C=O) groups excluding carboxylic acids is 2. The standard InChI is InChI=1S/C27H34N4O6S/c1-4-31-23(19-29-14-16-30(17-15-29)38(34,35)22-12-7-6-8-13-22)24(26(32)37-5-2)25(28-27(31)33)20-10-9-11-21(18-20)36-3/h6-13,18,25H,4-5,14-17,19H2,1-3H3,(H,28,33). The maximum Gasteiger partial charge on any atom is 0.338 e. The van der Waals surface area contributed by atoms with Crippen molar-refractivity contribution < 1.29 is 27.5 Å². The lowest BCUT2D eigenvalue weighted by Crippen LogP contribution is -2.53.